The summed E-state index contributed by atoms with van der Waals surface area (Å²) in [6.07, 6.45) is 0.520. The molecule has 1 N–H and O–H groups in total. The zero-order chi connectivity index (χ0) is 17.5. The average Bonchev–Trinajstić information content (AvgIpc) is 2.68. The van der Waals surface area contributed by atoms with Gasteiger partial charge in [-0.15, -0.1) is 0 Å². The van der Waals surface area contributed by atoms with Gasteiger partial charge in [-0.1, -0.05) is 30.3 Å². The largest absolute Gasteiger partial charge is 0.497 e. The third-order valence-corrected chi connectivity index (χ3v) is 5.42. The van der Waals surface area contributed by atoms with Crippen LogP contribution in [0.3, 0.4) is 0 Å². The molecule has 3 rings (SSSR count). The van der Waals surface area contributed by atoms with Gasteiger partial charge in [-0.2, -0.15) is 11.8 Å². The lowest BCUT2D eigenvalue weighted by molar-refractivity contribution is -0.119. The fraction of sp³-hybridized carbons (Fsp3) is 0.350. The van der Waals surface area contributed by atoms with Gasteiger partial charge in [0.25, 0.3) is 0 Å². The number of hydrogen-bond donors (Lipinski definition) is 1. The monoisotopic (exact) mass is 356 g/mol. The zero-order valence-electron chi connectivity index (χ0n) is 14.5. The number of nitrogens with zero attached hydrogens (tertiary/aromatic N) is 1. The molecule has 1 heterocycles. The number of ether oxygens (including phenoxy) is 1. The first-order valence-electron chi connectivity index (χ1n) is 8.56. The number of benzene rings is 2. The van der Waals surface area contributed by atoms with Crippen LogP contribution in [0.15, 0.2) is 54.6 Å². The second-order valence-electron chi connectivity index (χ2n) is 6.09. The molecule has 0 radical (unpaired) electrons. The minimum Gasteiger partial charge on any atom is -0.497 e. The molecule has 132 valence electrons. The predicted molar refractivity (Wildman–Crippen MR) is 104 cm³/mol. The van der Waals surface area contributed by atoms with Gasteiger partial charge in [0.05, 0.1) is 13.7 Å². The highest BCUT2D eigenvalue weighted by Crippen LogP contribution is 2.23. The van der Waals surface area contributed by atoms with E-state index in [9.17, 15) is 4.79 Å². The Morgan fingerprint density at radius 2 is 1.96 bits per heavy atom. The van der Waals surface area contributed by atoms with Crippen LogP contribution in [0.1, 0.15) is 12.0 Å². The minimum absolute atomic E-state index is 0.147. The SMILES string of the molecule is COc1ccc(N(Cc2ccccc2)C(=O)CC2CSCCN2)cc1. The van der Waals surface area contributed by atoms with Crippen LogP contribution in [0.25, 0.3) is 0 Å². The summed E-state index contributed by atoms with van der Waals surface area (Å²) < 4.78 is 5.23. The van der Waals surface area contributed by atoms with Crippen molar-refractivity contribution in [1.29, 1.82) is 0 Å². The van der Waals surface area contributed by atoms with Crippen LogP contribution in [0.5, 0.6) is 5.75 Å². The van der Waals surface area contributed by atoms with Gasteiger partial charge in [-0.3, -0.25) is 4.79 Å². The van der Waals surface area contributed by atoms with Crippen LogP contribution in [0.4, 0.5) is 5.69 Å². The predicted octanol–water partition coefficient (Wildman–Crippen LogP) is 3.32. The first-order chi connectivity index (χ1) is 12.3. The lowest BCUT2D eigenvalue weighted by atomic mass is 10.1. The molecule has 25 heavy (non-hydrogen) atoms. The number of rotatable bonds is 6. The molecular weight excluding hydrogens is 332 g/mol. The van der Waals surface area contributed by atoms with Crippen LogP contribution in [-0.4, -0.2) is 37.1 Å². The Bertz CT molecular complexity index is 670. The van der Waals surface area contributed by atoms with Gasteiger partial charge in [0.1, 0.15) is 5.75 Å². The molecule has 2 aromatic carbocycles. The quantitative estimate of drug-likeness (QED) is 0.862. The molecule has 1 aliphatic rings. The van der Waals surface area contributed by atoms with Gasteiger partial charge in [-0.05, 0) is 29.8 Å². The van der Waals surface area contributed by atoms with Crippen molar-refractivity contribution < 1.29 is 9.53 Å². The van der Waals surface area contributed by atoms with Crippen LogP contribution in [0, 0.1) is 0 Å². The summed E-state index contributed by atoms with van der Waals surface area (Å²) in [5.41, 5.74) is 2.02. The van der Waals surface area contributed by atoms with E-state index in [1.165, 1.54) is 0 Å². The molecule has 0 bridgehead atoms. The molecule has 0 aromatic heterocycles. The Kier molecular flexibility index (Phi) is 6.36. The van der Waals surface area contributed by atoms with Crippen molar-refractivity contribution in [3.8, 4) is 5.75 Å². The Hall–Kier alpha value is -1.98. The molecule has 1 fully saturated rings. The molecule has 1 aliphatic heterocycles. The van der Waals surface area contributed by atoms with Gasteiger partial charge in [0.2, 0.25) is 5.91 Å². The molecule has 0 spiro atoms. The van der Waals surface area contributed by atoms with E-state index in [0.29, 0.717) is 13.0 Å². The Morgan fingerprint density at radius 1 is 1.20 bits per heavy atom. The van der Waals surface area contributed by atoms with Crippen molar-refractivity contribution in [3.05, 3.63) is 60.2 Å². The highest BCUT2D eigenvalue weighted by molar-refractivity contribution is 7.99. The molecule has 1 atom stereocenters. The molecule has 0 aliphatic carbocycles. The first kappa shape index (κ1) is 17.8. The maximum absolute atomic E-state index is 13.0. The van der Waals surface area contributed by atoms with Crippen molar-refractivity contribution in [1.82, 2.24) is 5.32 Å². The lowest BCUT2D eigenvalue weighted by Crippen LogP contribution is -2.42. The Labute approximate surface area is 153 Å². The Balaban J connectivity index is 1.78. The second-order valence-corrected chi connectivity index (χ2v) is 7.24. The van der Waals surface area contributed by atoms with E-state index >= 15 is 0 Å². The topological polar surface area (TPSA) is 41.6 Å². The van der Waals surface area contributed by atoms with Crippen molar-refractivity contribution in [2.75, 3.05) is 30.1 Å². The number of carbonyl (C=O) groups excluding carboxylic acids is 1. The van der Waals surface area contributed by atoms with Crippen molar-refractivity contribution in [3.63, 3.8) is 0 Å². The lowest BCUT2D eigenvalue weighted by Gasteiger charge is -2.28. The summed E-state index contributed by atoms with van der Waals surface area (Å²) in [7, 11) is 1.65. The summed E-state index contributed by atoms with van der Waals surface area (Å²) in [4.78, 5) is 14.9. The van der Waals surface area contributed by atoms with Gasteiger partial charge < -0.3 is 15.0 Å². The van der Waals surface area contributed by atoms with E-state index in [2.05, 4.69) is 17.4 Å². The summed E-state index contributed by atoms with van der Waals surface area (Å²) in [6.45, 7) is 1.55. The number of carbonyl (C=O) groups is 1. The highest BCUT2D eigenvalue weighted by atomic mass is 32.2. The number of anilines is 1. The smallest absolute Gasteiger partial charge is 0.228 e. The van der Waals surface area contributed by atoms with Crippen LogP contribution >= 0.6 is 11.8 Å². The van der Waals surface area contributed by atoms with E-state index in [-0.39, 0.29) is 11.9 Å². The highest BCUT2D eigenvalue weighted by Gasteiger charge is 2.22. The van der Waals surface area contributed by atoms with E-state index < -0.39 is 0 Å². The van der Waals surface area contributed by atoms with Crippen LogP contribution in [0.2, 0.25) is 0 Å². The van der Waals surface area contributed by atoms with Gasteiger partial charge in [0.15, 0.2) is 0 Å². The minimum atomic E-state index is 0.147. The van der Waals surface area contributed by atoms with E-state index in [4.69, 9.17) is 4.74 Å². The third kappa shape index (κ3) is 5.00. The fourth-order valence-electron chi connectivity index (χ4n) is 2.92. The molecule has 0 saturated carbocycles. The zero-order valence-corrected chi connectivity index (χ0v) is 15.3. The Morgan fingerprint density at radius 3 is 2.60 bits per heavy atom. The van der Waals surface area contributed by atoms with E-state index in [1.807, 2.05) is 59.1 Å². The van der Waals surface area contributed by atoms with Crippen molar-refractivity contribution in [2.24, 2.45) is 0 Å². The summed E-state index contributed by atoms with van der Waals surface area (Å²) >= 11 is 1.91. The maximum atomic E-state index is 13.0. The summed E-state index contributed by atoms with van der Waals surface area (Å²) in [5.74, 6) is 3.06. The molecule has 1 unspecified atom stereocenters. The summed E-state index contributed by atoms with van der Waals surface area (Å²) in [5, 5.41) is 3.45. The van der Waals surface area contributed by atoms with Crippen molar-refractivity contribution in [2.45, 2.75) is 19.0 Å². The number of hydrogen-bond acceptors (Lipinski definition) is 4. The van der Waals surface area contributed by atoms with E-state index in [1.54, 1.807) is 7.11 Å². The molecule has 1 saturated heterocycles. The molecule has 1 amide bonds. The van der Waals surface area contributed by atoms with Crippen LogP contribution in [-0.2, 0) is 11.3 Å². The number of nitrogens with one attached hydrogen (secondary N) is 1. The van der Waals surface area contributed by atoms with Gasteiger partial charge in [0, 0.05) is 36.2 Å². The normalized spacial score (nSPS) is 17.1. The third-order valence-electron chi connectivity index (χ3n) is 4.29. The molecular formula is C20H24N2O2S. The fourth-order valence-corrected chi connectivity index (χ4v) is 3.87. The van der Waals surface area contributed by atoms with Crippen molar-refractivity contribution >= 4 is 23.4 Å². The van der Waals surface area contributed by atoms with Gasteiger partial charge >= 0.3 is 0 Å². The molecule has 4 nitrogen and oxygen atoms in total. The number of amides is 1. The number of methoxy groups -OCH3 is 1. The average molecular weight is 356 g/mol. The van der Waals surface area contributed by atoms with Crippen LogP contribution < -0.4 is 15.0 Å². The van der Waals surface area contributed by atoms with E-state index in [0.717, 1.165) is 35.1 Å². The standard InChI is InChI=1S/C20H24N2O2S/c1-24-19-9-7-18(8-10-19)22(14-16-5-3-2-4-6-16)20(23)13-17-15-25-12-11-21-17/h2-10,17,21H,11-15H2,1H3. The second kappa shape index (κ2) is 8.92. The molecule has 2 aromatic rings. The summed E-state index contributed by atoms with van der Waals surface area (Å²) in [6, 6.07) is 18.1. The maximum Gasteiger partial charge on any atom is 0.228 e. The molecule has 5 heteroatoms. The first-order valence-corrected chi connectivity index (χ1v) is 9.71. The van der Waals surface area contributed by atoms with Gasteiger partial charge in [-0.25, -0.2) is 0 Å². The number of thioether (sulfide) groups is 1.